The monoisotopic (exact) mass is 415 g/mol. The number of piperidine rings is 1. The Kier molecular flexibility index (Phi) is 7.08. The number of carbonyl (C=O) groups is 1. The van der Waals surface area contributed by atoms with Crippen molar-refractivity contribution in [3.05, 3.63) is 5.56 Å². The maximum Gasteiger partial charge on any atom is 0.320 e. The van der Waals surface area contributed by atoms with Crippen molar-refractivity contribution in [3.8, 4) is 6.01 Å². The Bertz CT molecular complexity index is 727. The Morgan fingerprint density at radius 3 is 2.60 bits per heavy atom. The molecule has 0 radical (unpaired) electrons. The molecule has 7 nitrogen and oxygen atoms in total. The number of anilines is 2. The molecule has 30 heavy (non-hydrogen) atoms. The predicted molar refractivity (Wildman–Crippen MR) is 119 cm³/mol. The normalized spacial score (nSPS) is 20.8. The van der Waals surface area contributed by atoms with Crippen LogP contribution in [0, 0.1) is 5.92 Å². The Morgan fingerprint density at radius 2 is 1.87 bits per heavy atom. The number of hydrogen-bond acceptors (Lipinski definition) is 6. The summed E-state index contributed by atoms with van der Waals surface area (Å²) < 4.78 is 5.64. The minimum absolute atomic E-state index is 0.0766. The molecule has 2 aliphatic heterocycles. The number of rotatable bonds is 9. The van der Waals surface area contributed by atoms with Crippen LogP contribution in [0.3, 0.4) is 0 Å². The van der Waals surface area contributed by atoms with E-state index in [9.17, 15) is 4.79 Å². The lowest BCUT2D eigenvalue weighted by Gasteiger charge is -2.36. The van der Waals surface area contributed by atoms with Crippen LogP contribution in [0.2, 0.25) is 0 Å². The number of hydrogen-bond donors (Lipinski definition) is 1. The first kappa shape index (κ1) is 21.3. The summed E-state index contributed by atoms with van der Waals surface area (Å²) in [6.07, 6.45) is 12.7. The van der Waals surface area contributed by atoms with Gasteiger partial charge in [0.15, 0.2) is 0 Å². The quantitative estimate of drug-likeness (QED) is 0.621. The maximum atomic E-state index is 12.6. The minimum Gasteiger partial charge on any atom is -0.463 e. The highest BCUT2D eigenvalue weighted by molar-refractivity contribution is 6.01. The molecule has 0 atom stereocenters. The van der Waals surface area contributed by atoms with Crippen LogP contribution in [0.25, 0.3) is 0 Å². The molecule has 4 rings (SSSR count). The SMILES string of the molecule is CCCCOc1nc(N)c2c(n1)N(CCCC1CCN(C3CCCC3)CC1)C(=O)C2. The van der Waals surface area contributed by atoms with E-state index in [0.29, 0.717) is 37.2 Å². The van der Waals surface area contributed by atoms with E-state index in [1.807, 2.05) is 0 Å². The lowest BCUT2D eigenvalue weighted by Crippen LogP contribution is -2.40. The highest BCUT2D eigenvalue weighted by Crippen LogP contribution is 2.33. The molecule has 7 heteroatoms. The second-order valence-electron chi connectivity index (χ2n) is 9.18. The molecular formula is C23H37N5O2. The van der Waals surface area contributed by atoms with Gasteiger partial charge in [0.1, 0.15) is 11.6 Å². The molecule has 1 saturated carbocycles. The number of amides is 1. The Morgan fingerprint density at radius 1 is 1.10 bits per heavy atom. The first-order valence-electron chi connectivity index (χ1n) is 12.0. The van der Waals surface area contributed by atoms with Crippen molar-refractivity contribution in [2.45, 2.75) is 83.6 Å². The zero-order valence-corrected chi connectivity index (χ0v) is 18.4. The number of likely N-dealkylation sites (tertiary alicyclic amines) is 1. The van der Waals surface area contributed by atoms with Crippen molar-refractivity contribution in [1.29, 1.82) is 0 Å². The lowest BCUT2D eigenvalue weighted by atomic mass is 9.91. The molecule has 3 heterocycles. The predicted octanol–water partition coefficient (Wildman–Crippen LogP) is 3.56. The Balaban J connectivity index is 1.28. The number of nitrogens with zero attached hydrogens (tertiary/aromatic N) is 4. The standard InChI is InChI=1S/C23H37N5O2/c1-2-3-15-30-23-25-21(24)19-16-20(29)28(22(19)26-23)12-6-7-17-10-13-27(14-11-17)18-8-4-5-9-18/h17-18H,2-16H2,1H3,(H2,24,25,26). The van der Waals surface area contributed by atoms with Gasteiger partial charge in [0.05, 0.1) is 13.0 Å². The van der Waals surface area contributed by atoms with Crippen LogP contribution in [0.5, 0.6) is 6.01 Å². The van der Waals surface area contributed by atoms with E-state index in [4.69, 9.17) is 10.5 Å². The van der Waals surface area contributed by atoms with E-state index in [1.54, 1.807) is 4.90 Å². The van der Waals surface area contributed by atoms with Crippen LogP contribution in [0.15, 0.2) is 0 Å². The number of unbranched alkanes of at least 4 members (excludes halogenated alkanes) is 1. The lowest BCUT2D eigenvalue weighted by molar-refractivity contribution is -0.117. The Hall–Kier alpha value is -1.89. The third-order valence-corrected chi connectivity index (χ3v) is 7.09. The Labute approximate surface area is 180 Å². The molecule has 1 amide bonds. The smallest absolute Gasteiger partial charge is 0.320 e. The molecule has 1 saturated heterocycles. The summed E-state index contributed by atoms with van der Waals surface area (Å²) in [5.74, 6) is 1.90. The summed E-state index contributed by atoms with van der Waals surface area (Å²) in [6.45, 7) is 5.90. The van der Waals surface area contributed by atoms with E-state index in [2.05, 4.69) is 21.8 Å². The third kappa shape index (κ3) is 4.88. The van der Waals surface area contributed by atoms with Crippen LogP contribution in [0.4, 0.5) is 11.6 Å². The zero-order valence-electron chi connectivity index (χ0n) is 18.4. The van der Waals surface area contributed by atoms with Crippen molar-refractivity contribution in [3.63, 3.8) is 0 Å². The number of ether oxygens (including phenoxy) is 1. The van der Waals surface area contributed by atoms with Gasteiger partial charge in [-0.05, 0) is 64.0 Å². The van der Waals surface area contributed by atoms with Crippen molar-refractivity contribution in [2.75, 3.05) is 36.9 Å². The van der Waals surface area contributed by atoms with Crippen LogP contribution in [-0.4, -0.2) is 53.1 Å². The molecule has 0 aromatic carbocycles. The molecule has 1 aromatic rings. The van der Waals surface area contributed by atoms with Gasteiger partial charge in [0, 0.05) is 18.2 Å². The second-order valence-corrected chi connectivity index (χ2v) is 9.18. The fourth-order valence-corrected chi connectivity index (χ4v) is 5.24. The van der Waals surface area contributed by atoms with E-state index >= 15 is 0 Å². The van der Waals surface area contributed by atoms with Crippen molar-refractivity contribution >= 4 is 17.5 Å². The number of nitrogens with two attached hydrogens (primary N) is 1. The fraction of sp³-hybridized carbons (Fsp3) is 0.783. The van der Waals surface area contributed by atoms with Gasteiger partial charge >= 0.3 is 6.01 Å². The largest absolute Gasteiger partial charge is 0.463 e. The van der Waals surface area contributed by atoms with Gasteiger partial charge in [-0.25, -0.2) is 0 Å². The van der Waals surface area contributed by atoms with Gasteiger partial charge in [-0.1, -0.05) is 26.2 Å². The van der Waals surface area contributed by atoms with Crippen molar-refractivity contribution in [2.24, 2.45) is 5.92 Å². The minimum atomic E-state index is 0.0766. The number of nitrogen functional groups attached to an aromatic ring is 1. The van der Waals surface area contributed by atoms with Crippen LogP contribution in [0.1, 0.15) is 76.7 Å². The number of carbonyl (C=O) groups excluding carboxylic acids is 1. The first-order valence-corrected chi connectivity index (χ1v) is 12.0. The van der Waals surface area contributed by atoms with Crippen LogP contribution < -0.4 is 15.4 Å². The summed E-state index contributed by atoms with van der Waals surface area (Å²) in [6, 6.07) is 1.14. The topological polar surface area (TPSA) is 84.6 Å². The average Bonchev–Trinajstić information content (AvgIpc) is 3.38. The first-order chi connectivity index (χ1) is 14.7. The summed E-state index contributed by atoms with van der Waals surface area (Å²) in [7, 11) is 0. The molecule has 166 valence electrons. The molecular weight excluding hydrogens is 378 g/mol. The van der Waals surface area contributed by atoms with Gasteiger partial charge in [0.25, 0.3) is 0 Å². The number of fused-ring (bicyclic) bond motifs is 1. The van der Waals surface area contributed by atoms with E-state index in [0.717, 1.165) is 36.8 Å². The van der Waals surface area contributed by atoms with Gasteiger partial charge in [-0.15, -0.1) is 0 Å². The van der Waals surface area contributed by atoms with Gasteiger partial charge < -0.3 is 15.4 Å². The van der Waals surface area contributed by atoms with Crippen molar-refractivity contribution < 1.29 is 9.53 Å². The molecule has 2 N–H and O–H groups in total. The number of aromatic nitrogens is 2. The summed E-state index contributed by atoms with van der Waals surface area (Å²) in [4.78, 5) is 25.9. The fourth-order valence-electron chi connectivity index (χ4n) is 5.24. The third-order valence-electron chi connectivity index (χ3n) is 7.09. The van der Waals surface area contributed by atoms with Gasteiger partial charge in [0.2, 0.25) is 5.91 Å². The highest BCUT2D eigenvalue weighted by Gasteiger charge is 2.32. The maximum absolute atomic E-state index is 12.6. The second kappa shape index (κ2) is 9.94. The van der Waals surface area contributed by atoms with Gasteiger partial charge in [-0.2, -0.15) is 9.97 Å². The van der Waals surface area contributed by atoms with Crippen LogP contribution in [-0.2, 0) is 11.2 Å². The summed E-state index contributed by atoms with van der Waals surface area (Å²) in [5.41, 5.74) is 6.85. The highest BCUT2D eigenvalue weighted by atomic mass is 16.5. The summed E-state index contributed by atoms with van der Waals surface area (Å²) >= 11 is 0. The molecule has 0 unspecified atom stereocenters. The van der Waals surface area contributed by atoms with Gasteiger partial charge in [-0.3, -0.25) is 9.69 Å². The molecule has 1 aliphatic carbocycles. The molecule has 2 fully saturated rings. The van der Waals surface area contributed by atoms with Crippen molar-refractivity contribution in [1.82, 2.24) is 14.9 Å². The molecule has 3 aliphatic rings. The molecule has 1 aromatic heterocycles. The average molecular weight is 416 g/mol. The molecule has 0 bridgehead atoms. The zero-order chi connectivity index (χ0) is 20.9. The van der Waals surface area contributed by atoms with E-state index in [-0.39, 0.29) is 5.91 Å². The van der Waals surface area contributed by atoms with E-state index in [1.165, 1.54) is 58.0 Å². The summed E-state index contributed by atoms with van der Waals surface area (Å²) in [5, 5.41) is 0. The van der Waals surface area contributed by atoms with E-state index < -0.39 is 0 Å². The van der Waals surface area contributed by atoms with Crippen LogP contribution >= 0.6 is 0 Å². The molecule has 0 spiro atoms.